The fourth-order valence-corrected chi connectivity index (χ4v) is 4.28. The molecule has 1 aliphatic carbocycles. The van der Waals surface area contributed by atoms with Gasteiger partial charge in [0.2, 0.25) is 5.91 Å². The van der Waals surface area contributed by atoms with Crippen molar-refractivity contribution in [3.05, 3.63) is 23.0 Å². The van der Waals surface area contributed by atoms with Gasteiger partial charge in [0, 0.05) is 18.2 Å². The number of aromatic nitrogens is 2. The molecule has 0 aromatic carbocycles. The molecular weight excluding hydrogens is 400 g/mol. The lowest BCUT2D eigenvalue weighted by molar-refractivity contribution is -0.150. The second-order valence-corrected chi connectivity index (χ2v) is 9.15. The van der Waals surface area contributed by atoms with E-state index in [2.05, 4.69) is 15.5 Å². The molecule has 1 saturated heterocycles. The molecule has 2 aliphatic rings. The third-order valence-electron chi connectivity index (χ3n) is 6.05. The van der Waals surface area contributed by atoms with Gasteiger partial charge in [-0.1, -0.05) is 32.9 Å². The molecule has 166 valence electrons. The van der Waals surface area contributed by atoms with Crippen LogP contribution >= 0.6 is 0 Å². The summed E-state index contributed by atoms with van der Waals surface area (Å²) in [6, 6.07) is 0.112. The van der Waals surface area contributed by atoms with Gasteiger partial charge < -0.3 is 19.8 Å². The number of pyridine rings is 1. The van der Waals surface area contributed by atoms with E-state index in [0.717, 1.165) is 18.5 Å². The summed E-state index contributed by atoms with van der Waals surface area (Å²) in [5, 5.41) is 17.0. The number of aliphatic carboxylic acids is 1. The molecular formula is C22H28N4O5. The van der Waals surface area contributed by atoms with E-state index in [1.165, 1.54) is 4.90 Å². The lowest BCUT2D eigenvalue weighted by atomic mass is 10.0. The normalized spacial score (nSPS) is 20.1. The van der Waals surface area contributed by atoms with Crippen LogP contribution in [0.1, 0.15) is 80.5 Å². The van der Waals surface area contributed by atoms with E-state index in [0.29, 0.717) is 41.2 Å². The van der Waals surface area contributed by atoms with Crippen LogP contribution in [0.25, 0.3) is 11.1 Å². The Morgan fingerprint density at radius 1 is 1.23 bits per heavy atom. The molecule has 1 aliphatic heterocycles. The Balaban J connectivity index is 1.62. The minimum atomic E-state index is -1.04. The maximum Gasteiger partial charge on any atom is 0.326 e. The van der Waals surface area contributed by atoms with Crippen LogP contribution in [0.3, 0.4) is 0 Å². The van der Waals surface area contributed by atoms with Crippen LogP contribution in [0.5, 0.6) is 0 Å². The highest BCUT2D eigenvalue weighted by Gasteiger charge is 2.41. The van der Waals surface area contributed by atoms with Crippen LogP contribution in [0.2, 0.25) is 0 Å². The number of hydrogen-bond donors (Lipinski definition) is 2. The molecule has 0 bridgehead atoms. The van der Waals surface area contributed by atoms with Gasteiger partial charge in [-0.25, -0.2) is 9.78 Å². The summed E-state index contributed by atoms with van der Waals surface area (Å²) in [6.45, 7) is 7.76. The Kier molecular flexibility index (Phi) is 5.45. The zero-order valence-corrected chi connectivity index (χ0v) is 18.2. The molecule has 1 saturated carbocycles. The second kappa shape index (κ2) is 7.94. The van der Waals surface area contributed by atoms with Gasteiger partial charge in [-0.05, 0) is 37.2 Å². The number of amides is 2. The smallest absolute Gasteiger partial charge is 0.326 e. The largest absolute Gasteiger partial charge is 0.480 e. The maximum atomic E-state index is 13.3. The number of carbonyl (C=O) groups excluding carboxylic acids is 2. The zero-order valence-electron chi connectivity index (χ0n) is 18.2. The Morgan fingerprint density at radius 3 is 2.52 bits per heavy atom. The Labute approximate surface area is 180 Å². The zero-order chi connectivity index (χ0) is 22.4. The molecule has 2 atom stereocenters. The van der Waals surface area contributed by atoms with Gasteiger partial charge in [0.1, 0.15) is 12.1 Å². The van der Waals surface area contributed by atoms with Crippen LogP contribution in [0.4, 0.5) is 0 Å². The molecule has 2 unspecified atom stereocenters. The molecule has 3 heterocycles. The van der Waals surface area contributed by atoms with Crippen LogP contribution in [0.15, 0.2) is 10.6 Å². The molecule has 9 nitrogen and oxygen atoms in total. The molecule has 4 rings (SSSR count). The predicted octanol–water partition coefficient (Wildman–Crippen LogP) is 2.66. The third kappa shape index (κ3) is 3.88. The van der Waals surface area contributed by atoms with Gasteiger partial charge in [-0.3, -0.25) is 9.59 Å². The number of fused-ring (bicyclic) bond motifs is 1. The van der Waals surface area contributed by atoms with Crippen molar-refractivity contribution in [2.24, 2.45) is 5.92 Å². The Hall–Kier alpha value is -2.97. The molecule has 2 aromatic rings. The molecule has 0 spiro atoms. The minimum Gasteiger partial charge on any atom is -0.480 e. The topological polar surface area (TPSA) is 126 Å². The molecule has 2 aromatic heterocycles. The van der Waals surface area contributed by atoms with Gasteiger partial charge in [0.05, 0.1) is 16.6 Å². The number of carbonyl (C=O) groups is 3. The molecule has 2 N–H and O–H groups in total. The SMILES string of the molecule is CC(C)c1noc2nc(C3CC3)cc(C(=O)NC3CCN(C(C(=O)O)C(C)C)C3=O)c12. The summed E-state index contributed by atoms with van der Waals surface area (Å²) in [4.78, 5) is 43.7. The summed E-state index contributed by atoms with van der Waals surface area (Å²) in [5.74, 6) is -1.68. The predicted molar refractivity (Wildman–Crippen MR) is 112 cm³/mol. The minimum absolute atomic E-state index is 0.0346. The van der Waals surface area contributed by atoms with E-state index < -0.39 is 24.0 Å². The number of nitrogens with one attached hydrogen (secondary N) is 1. The van der Waals surface area contributed by atoms with E-state index in [-0.39, 0.29) is 17.7 Å². The number of hydrogen-bond acceptors (Lipinski definition) is 6. The van der Waals surface area contributed by atoms with Gasteiger partial charge in [-0.15, -0.1) is 0 Å². The standard InChI is InChI=1S/C22H28N4O5/c1-10(2)17-16-13(9-15(12-5-6-12)24-20(16)31-25-17)19(27)23-14-7-8-26(21(14)28)18(11(3)4)22(29)30/h9-12,14,18H,5-8H2,1-4H3,(H,23,27)(H,29,30). The van der Waals surface area contributed by atoms with E-state index in [9.17, 15) is 19.5 Å². The van der Waals surface area contributed by atoms with Crippen LogP contribution in [-0.2, 0) is 9.59 Å². The molecule has 0 radical (unpaired) electrons. The maximum absolute atomic E-state index is 13.3. The van der Waals surface area contributed by atoms with Crippen molar-refractivity contribution in [2.45, 2.75) is 70.9 Å². The van der Waals surface area contributed by atoms with Crippen molar-refractivity contribution < 1.29 is 24.0 Å². The van der Waals surface area contributed by atoms with E-state index in [1.54, 1.807) is 19.9 Å². The highest BCUT2D eigenvalue weighted by molar-refractivity contribution is 6.07. The first-order valence-corrected chi connectivity index (χ1v) is 10.8. The molecule has 2 amide bonds. The third-order valence-corrected chi connectivity index (χ3v) is 6.05. The summed E-state index contributed by atoms with van der Waals surface area (Å²) in [5.41, 5.74) is 2.19. The lowest BCUT2D eigenvalue weighted by Gasteiger charge is -2.27. The average molecular weight is 428 g/mol. The van der Waals surface area contributed by atoms with Gasteiger partial charge in [0.25, 0.3) is 11.6 Å². The summed E-state index contributed by atoms with van der Waals surface area (Å²) >= 11 is 0. The first-order valence-electron chi connectivity index (χ1n) is 10.8. The van der Waals surface area contributed by atoms with Crippen molar-refractivity contribution in [3.8, 4) is 0 Å². The van der Waals surface area contributed by atoms with Crippen LogP contribution in [0, 0.1) is 5.92 Å². The summed E-state index contributed by atoms with van der Waals surface area (Å²) in [7, 11) is 0. The molecule has 31 heavy (non-hydrogen) atoms. The fourth-order valence-electron chi connectivity index (χ4n) is 4.28. The van der Waals surface area contributed by atoms with Gasteiger partial charge in [0.15, 0.2) is 0 Å². The first-order chi connectivity index (χ1) is 14.7. The molecule has 9 heteroatoms. The van der Waals surface area contributed by atoms with Crippen molar-refractivity contribution in [1.29, 1.82) is 0 Å². The highest BCUT2D eigenvalue weighted by Crippen LogP contribution is 2.41. The summed E-state index contributed by atoms with van der Waals surface area (Å²) < 4.78 is 5.43. The second-order valence-electron chi connectivity index (χ2n) is 9.15. The first kappa shape index (κ1) is 21.3. The van der Waals surface area contributed by atoms with Gasteiger partial charge in [-0.2, -0.15) is 0 Å². The van der Waals surface area contributed by atoms with Crippen LogP contribution < -0.4 is 5.32 Å². The fraction of sp³-hybridized carbons (Fsp3) is 0.591. The monoisotopic (exact) mass is 428 g/mol. The van der Waals surface area contributed by atoms with Crippen molar-refractivity contribution >= 4 is 28.9 Å². The van der Waals surface area contributed by atoms with Crippen molar-refractivity contribution in [3.63, 3.8) is 0 Å². The highest BCUT2D eigenvalue weighted by atomic mass is 16.5. The summed E-state index contributed by atoms with van der Waals surface area (Å²) in [6.07, 6.45) is 2.41. The molecule has 2 fully saturated rings. The number of likely N-dealkylation sites (tertiary alicyclic amines) is 1. The number of carboxylic acid groups (broad SMARTS) is 1. The lowest BCUT2D eigenvalue weighted by Crippen LogP contribution is -2.49. The van der Waals surface area contributed by atoms with Crippen LogP contribution in [-0.4, -0.2) is 56.6 Å². The Bertz CT molecular complexity index is 1040. The van der Waals surface area contributed by atoms with E-state index in [1.807, 2.05) is 13.8 Å². The number of nitrogens with zero attached hydrogens (tertiary/aromatic N) is 3. The quantitative estimate of drug-likeness (QED) is 0.694. The van der Waals surface area contributed by atoms with Crippen molar-refractivity contribution in [2.75, 3.05) is 6.54 Å². The van der Waals surface area contributed by atoms with Crippen molar-refractivity contribution in [1.82, 2.24) is 20.4 Å². The Morgan fingerprint density at radius 2 is 1.94 bits per heavy atom. The van der Waals surface area contributed by atoms with E-state index in [4.69, 9.17) is 4.52 Å². The number of rotatable bonds is 7. The number of carboxylic acids is 1. The average Bonchev–Trinajstić information content (AvgIpc) is 3.37. The van der Waals surface area contributed by atoms with E-state index >= 15 is 0 Å². The van der Waals surface area contributed by atoms with Gasteiger partial charge >= 0.3 is 5.97 Å².